The van der Waals surface area contributed by atoms with Gasteiger partial charge in [0.1, 0.15) is 17.3 Å². The molecule has 144 valence electrons. The van der Waals surface area contributed by atoms with Gasteiger partial charge in [-0.3, -0.25) is 4.79 Å². The molecule has 0 saturated carbocycles. The lowest BCUT2D eigenvalue weighted by Gasteiger charge is -2.15. The van der Waals surface area contributed by atoms with Gasteiger partial charge in [0, 0.05) is 5.69 Å². The van der Waals surface area contributed by atoms with Crippen LogP contribution in [0.15, 0.2) is 54.9 Å². The molecular formula is C22H24N4O2. The van der Waals surface area contributed by atoms with E-state index in [1.165, 1.54) is 12.4 Å². The van der Waals surface area contributed by atoms with Crippen LogP contribution >= 0.6 is 0 Å². The normalized spacial score (nSPS) is 10.6. The largest absolute Gasteiger partial charge is 0.489 e. The predicted octanol–water partition coefficient (Wildman–Crippen LogP) is 4.88. The third-order valence-electron chi connectivity index (χ3n) is 4.12. The quantitative estimate of drug-likeness (QED) is 0.641. The second kappa shape index (κ2) is 8.52. The van der Waals surface area contributed by atoms with Crippen molar-refractivity contribution in [1.82, 2.24) is 9.97 Å². The molecule has 0 aliphatic rings. The summed E-state index contributed by atoms with van der Waals surface area (Å²) >= 11 is 0. The summed E-state index contributed by atoms with van der Waals surface area (Å²) < 4.78 is 5.79. The molecule has 0 saturated heterocycles. The van der Waals surface area contributed by atoms with Gasteiger partial charge >= 0.3 is 0 Å². The summed E-state index contributed by atoms with van der Waals surface area (Å²) in [6.07, 6.45) is 3.05. The smallest absolute Gasteiger partial charge is 0.275 e. The summed E-state index contributed by atoms with van der Waals surface area (Å²) in [5.74, 6) is 0.972. The van der Waals surface area contributed by atoms with Gasteiger partial charge in [-0.25, -0.2) is 9.97 Å². The second-order valence-electron chi connectivity index (χ2n) is 6.80. The Morgan fingerprint density at radius 3 is 2.32 bits per heavy atom. The van der Waals surface area contributed by atoms with E-state index >= 15 is 0 Å². The number of hydrogen-bond donors (Lipinski definition) is 2. The first-order valence-corrected chi connectivity index (χ1v) is 9.16. The maximum atomic E-state index is 12.5. The number of ether oxygens (including phenoxy) is 1. The minimum absolute atomic E-state index is 0.0602. The number of hydrogen-bond acceptors (Lipinski definition) is 5. The van der Waals surface area contributed by atoms with Crippen LogP contribution in [-0.4, -0.2) is 22.0 Å². The van der Waals surface area contributed by atoms with E-state index in [0.717, 1.165) is 28.3 Å². The van der Waals surface area contributed by atoms with Gasteiger partial charge in [-0.15, -0.1) is 0 Å². The maximum absolute atomic E-state index is 12.5. The molecule has 0 unspecified atom stereocenters. The fraction of sp³-hybridized carbons (Fsp3) is 0.227. The van der Waals surface area contributed by atoms with Crippen molar-refractivity contribution in [2.45, 2.75) is 33.8 Å². The summed E-state index contributed by atoms with van der Waals surface area (Å²) in [5.41, 5.74) is 3.84. The topological polar surface area (TPSA) is 76.1 Å². The highest BCUT2D eigenvalue weighted by Crippen LogP contribution is 2.27. The van der Waals surface area contributed by atoms with Crippen LogP contribution in [-0.2, 0) is 0 Å². The molecule has 1 amide bonds. The van der Waals surface area contributed by atoms with Crippen molar-refractivity contribution >= 4 is 23.1 Å². The molecule has 2 N–H and O–H groups in total. The van der Waals surface area contributed by atoms with Gasteiger partial charge in [-0.1, -0.05) is 30.3 Å². The summed E-state index contributed by atoms with van der Waals surface area (Å²) in [5, 5.41) is 6.09. The van der Waals surface area contributed by atoms with E-state index in [1.54, 1.807) is 0 Å². The molecule has 3 rings (SSSR count). The minimum atomic E-state index is -0.292. The van der Waals surface area contributed by atoms with Gasteiger partial charge in [0.25, 0.3) is 5.91 Å². The van der Waals surface area contributed by atoms with Crippen molar-refractivity contribution in [1.29, 1.82) is 0 Å². The molecule has 6 nitrogen and oxygen atoms in total. The van der Waals surface area contributed by atoms with E-state index in [1.807, 2.05) is 70.2 Å². The van der Waals surface area contributed by atoms with Gasteiger partial charge in [-0.05, 0) is 51.0 Å². The molecule has 3 aromatic rings. The monoisotopic (exact) mass is 376 g/mol. The molecule has 0 atom stereocenters. The number of carbonyl (C=O) groups is 1. The molecule has 6 heteroatoms. The van der Waals surface area contributed by atoms with E-state index in [0.29, 0.717) is 5.82 Å². The number of rotatable bonds is 6. The maximum Gasteiger partial charge on any atom is 0.275 e. The molecular weight excluding hydrogens is 352 g/mol. The predicted molar refractivity (Wildman–Crippen MR) is 111 cm³/mol. The fourth-order valence-electron chi connectivity index (χ4n) is 2.76. The molecule has 0 aliphatic heterocycles. The molecule has 0 fully saturated rings. The highest BCUT2D eigenvalue weighted by Gasteiger charge is 2.12. The van der Waals surface area contributed by atoms with Crippen LogP contribution in [0.25, 0.3) is 0 Å². The Balaban J connectivity index is 1.73. The lowest BCUT2D eigenvalue weighted by atomic mass is 10.1. The minimum Gasteiger partial charge on any atom is -0.489 e. The number of para-hydroxylation sites is 3. The van der Waals surface area contributed by atoms with Crippen molar-refractivity contribution in [2.24, 2.45) is 0 Å². The Bertz CT molecular complexity index is 948. The fourth-order valence-corrected chi connectivity index (χ4v) is 2.76. The number of carbonyl (C=O) groups excluding carboxylic acids is 1. The molecule has 1 heterocycles. The average molecular weight is 376 g/mol. The zero-order chi connectivity index (χ0) is 20.1. The molecule has 2 aromatic carbocycles. The lowest BCUT2D eigenvalue weighted by Crippen LogP contribution is -2.16. The molecule has 0 spiro atoms. The number of aromatic nitrogens is 2. The molecule has 0 radical (unpaired) electrons. The van der Waals surface area contributed by atoms with E-state index in [2.05, 4.69) is 20.6 Å². The third-order valence-corrected chi connectivity index (χ3v) is 4.12. The highest BCUT2D eigenvalue weighted by molar-refractivity contribution is 6.03. The van der Waals surface area contributed by atoms with Crippen LogP contribution in [0, 0.1) is 13.8 Å². The lowest BCUT2D eigenvalue weighted by molar-refractivity contribution is 0.102. The Labute approximate surface area is 165 Å². The number of aryl methyl sites for hydroxylation is 2. The van der Waals surface area contributed by atoms with E-state index in [4.69, 9.17) is 4.74 Å². The van der Waals surface area contributed by atoms with Crippen LogP contribution in [0.4, 0.5) is 17.2 Å². The zero-order valence-electron chi connectivity index (χ0n) is 16.5. The van der Waals surface area contributed by atoms with Gasteiger partial charge in [0.05, 0.1) is 24.2 Å². The summed E-state index contributed by atoms with van der Waals surface area (Å²) in [7, 11) is 0. The zero-order valence-corrected chi connectivity index (χ0v) is 16.5. The van der Waals surface area contributed by atoms with Crippen molar-refractivity contribution in [3.8, 4) is 5.75 Å². The molecule has 28 heavy (non-hydrogen) atoms. The number of nitrogens with one attached hydrogen (secondary N) is 2. The van der Waals surface area contributed by atoms with Crippen LogP contribution in [0.5, 0.6) is 5.75 Å². The summed E-state index contributed by atoms with van der Waals surface area (Å²) in [6.45, 7) is 7.86. The standard InChI is InChI=1S/C22H24N4O2/c1-14(2)28-19-11-6-5-10-17(19)25-20-13-23-18(12-24-20)22(27)26-21-15(3)8-7-9-16(21)4/h5-14H,1-4H3,(H,24,25)(H,26,27). The molecule has 0 bridgehead atoms. The Morgan fingerprint density at radius 2 is 1.68 bits per heavy atom. The second-order valence-corrected chi connectivity index (χ2v) is 6.80. The van der Waals surface area contributed by atoms with Gasteiger partial charge in [0.2, 0.25) is 0 Å². The first-order chi connectivity index (χ1) is 13.4. The van der Waals surface area contributed by atoms with E-state index in [9.17, 15) is 4.79 Å². The van der Waals surface area contributed by atoms with E-state index in [-0.39, 0.29) is 17.7 Å². The first-order valence-electron chi connectivity index (χ1n) is 9.16. The van der Waals surface area contributed by atoms with Crippen LogP contribution in [0.3, 0.4) is 0 Å². The van der Waals surface area contributed by atoms with Gasteiger partial charge < -0.3 is 15.4 Å². The van der Waals surface area contributed by atoms with Gasteiger partial charge in [0.15, 0.2) is 0 Å². The Kier molecular flexibility index (Phi) is 5.89. The van der Waals surface area contributed by atoms with Gasteiger partial charge in [-0.2, -0.15) is 0 Å². The number of anilines is 3. The highest BCUT2D eigenvalue weighted by atomic mass is 16.5. The molecule has 0 aliphatic carbocycles. The summed E-state index contributed by atoms with van der Waals surface area (Å²) in [6, 6.07) is 13.5. The third kappa shape index (κ3) is 4.65. The Hall–Kier alpha value is -3.41. The Morgan fingerprint density at radius 1 is 0.964 bits per heavy atom. The summed E-state index contributed by atoms with van der Waals surface area (Å²) in [4.78, 5) is 21.1. The van der Waals surface area contributed by atoms with Crippen molar-refractivity contribution in [3.63, 3.8) is 0 Å². The van der Waals surface area contributed by atoms with Crippen LogP contribution in [0.1, 0.15) is 35.5 Å². The SMILES string of the molecule is Cc1cccc(C)c1NC(=O)c1cnc(Nc2ccccc2OC(C)C)cn1. The molecule has 1 aromatic heterocycles. The van der Waals surface area contributed by atoms with Crippen molar-refractivity contribution in [2.75, 3.05) is 10.6 Å². The van der Waals surface area contributed by atoms with Crippen molar-refractivity contribution < 1.29 is 9.53 Å². The first kappa shape index (κ1) is 19.4. The number of benzene rings is 2. The van der Waals surface area contributed by atoms with Crippen molar-refractivity contribution in [3.05, 3.63) is 71.7 Å². The van der Waals surface area contributed by atoms with Crippen LogP contribution in [0.2, 0.25) is 0 Å². The number of nitrogens with zero attached hydrogens (tertiary/aromatic N) is 2. The number of amides is 1. The van der Waals surface area contributed by atoms with E-state index < -0.39 is 0 Å². The average Bonchev–Trinajstić information content (AvgIpc) is 2.66. The van der Waals surface area contributed by atoms with Crippen LogP contribution < -0.4 is 15.4 Å².